The monoisotopic (exact) mass is 264 g/mol. The van der Waals surface area contributed by atoms with Crippen LogP contribution in [0.5, 0.6) is 0 Å². The molecule has 4 heteroatoms. The van der Waals surface area contributed by atoms with Gasteiger partial charge < -0.3 is 5.32 Å². The van der Waals surface area contributed by atoms with Gasteiger partial charge in [0, 0.05) is 31.4 Å². The van der Waals surface area contributed by atoms with Crippen molar-refractivity contribution in [2.45, 2.75) is 58.7 Å². The van der Waals surface area contributed by atoms with Gasteiger partial charge in [0.05, 0.1) is 5.69 Å². The zero-order valence-corrected chi connectivity index (χ0v) is 12.6. The molecule has 0 radical (unpaired) electrons. The first kappa shape index (κ1) is 14.5. The third-order valence-electron chi connectivity index (χ3n) is 4.18. The molecule has 1 saturated heterocycles. The van der Waals surface area contributed by atoms with E-state index in [-0.39, 0.29) is 0 Å². The number of hydrogen-bond acceptors (Lipinski definition) is 3. The maximum Gasteiger partial charge on any atom is 0.0764 e. The van der Waals surface area contributed by atoms with Gasteiger partial charge in [-0.2, -0.15) is 5.10 Å². The van der Waals surface area contributed by atoms with Gasteiger partial charge in [-0.15, -0.1) is 0 Å². The van der Waals surface area contributed by atoms with Crippen LogP contribution < -0.4 is 5.32 Å². The van der Waals surface area contributed by atoms with Crippen molar-refractivity contribution in [2.24, 2.45) is 0 Å². The van der Waals surface area contributed by atoms with Gasteiger partial charge in [-0.05, 0) is 45.3 Å². The number of nitrogens with zero attached hydrogens (tertiary/aromatic N) is 3. The molecule has 1 aliphatic heterocycles. The van der Waals surface area contributed by atoms with E-state index < -0.39 is 0 Å². The molecular formula is C15H28N4. The fourth-order valence-corrected chi connectivity index (χ4v) is 2.65. The summed E-state index contributed by atoms with van der Waals surface area (Å²) in [6, 6.07) is 3.34. The maximum absolute atomic E-state index is 4.70. The average Bonchev–Trinajstić information content (AvgIpc) is 3.08. The van der Waals surface area contributed by atoms with Crippen molar-refractivity contribution in [3.63, 3.8) is 0 Å². The lowest BCUT2D eigenvalue weighted by Crippen LogP contribution is -2.37. The molecule has 2 atom stereocenters. The second-order valence-corrected chi connectivity index (χ2v) is 5.67. The van der Waals surface area contributed by atoms with Gasteiger partial charge in [0.15, 0.2) is 0 Å². The van der Waals surface area contributed by atoms with E-state index in [1.54, 1.807) is 0 Å². The van der Waals surface area contributed by atoms with Crippen molar-refractivity contribution in [3.8, 4) is 0 Å². The van der Waals surface area contributed by atoms with Crippen molar-refractivity contribution < 1.29 is 0 Å². The molecule has 1 N–H and O–H groups in total. The predicted molar refractivity (Wildman–Crippen MR) is 79.2 cm³/mol. The van der Waals surface area contributed by atoms with E-state index >= 15 is 0 Å². The molecule has 0 spiro atoms. The van der Waals surface area contributed by atoms with Crippen LogP contribution in [0.2, 0.25) is 0 Å². The van der Waals surface area contributed by atoms with Gasteiger partial charge >= 0.3 is 0 Å². The topological polar surface area (TPSA) is 33.1 Å². The lowest BCUT2D eigenvalue weighted by atomic mass is 10.2. The molecule has 1 aromatic rings. The Balaban J connectivity index is 1.88. The first-order valence-corrected chi connectivity index (χ1v) is 7.72. The lowest BCUT2D eigenvalue weighted by Gasteiger charge is -2.23. The molecule has 0 saturated carbocycles. The van der Waals surface area contributed by atoms with E-state index in [2.05, 4.69) is 47.9 Å². The smallest absolute Gasteiger partial charge is 0.0764 e. The standard InChI is InChI=1S/C15H28N4/c1-4-13(3)19-10-8-15(17-19)12-18(5-2)11-14-7-6-9-16-14/h8,10,13-14,16H,4-7,9,11-12H2,1-3H3. The second-order valence-electron chi connectivity index (χ2n) is 5.67. The van der Waals surface area contributed by atoms with Crippen molar-refractivity contribution in [1.29, 1.82) is 0 Å². The highest BCUT2D eigenvalue weighted by Crippen LogP contribution is 2.12. The predicted octanol–water partition coefficient (Wildman–Crippen LogP) is 2.43. The van der Waals surface area contributed by atoms with Crippen LogP contribution in [0.25, 0.3) is 0 Å². The molecule has 2 rings (SSSR count). The minimum absolute atomic E-state index is 0.500. The van der Waals surface area contributed by atoms with E-state index in [4.69, 9.17) is 5.10 Å². The summed E-state index contributed by atoms with van der Waals surface area (Å²) in [5.41, 5.74) is 1.19. The fourth-order valence-electron chi connectivity index (χ4n) is 2.65. The zero-order valence-electron chi connectivity index (χ0n) is 12.6. The van der Waals surface area contributed by atoms with Gasteiger partial charge in [-0.1, -0.05) is 13.8 Å². The summed E-state index contributed by atoms with van der Waals surface area (Å²) in [5, 5.41) is 8.27. The van der Waals surface area contributed by atoms with Gasteiger partial charge in [0.2, 0.25) is 0 Å². The molecule has 0 amide bonds. The molecule has 0 aliphatic carbocycles. The lowest BCUT2D eigenvalue weighted by molar-refractivity contribution is 0.249. The molecule has 108 valence electrons. The van der Waals surface area contributed by atoms with Crippen LogP contribution in [-0.4, -0.2) is 40.4 Å². The van der Waals surface area contributed by atoms with E-state index in [1.807, 2.05) is 0 Å². The summed E-state index contributed by atoms with van der Waals surface area (Å²) < 4.78 is 2.09. The normalized spacial score (nSPS) is 21.2. The molecule has 2 heterocycles. The Kier molecular flexibility index (Phi) is 5.40. The Morgan fingerprint density at radius 2 is 2.37 bits per heavy atom. The zero-order chi connectivity index (χ0) is 13.7. The third-order valence-corrected chi connectivity index (χ3v) is 4.18. The Hall–Kier alpha value is -0.870. The van der Waals surface area contributed by atoms with Crippen molar-refractivity contribution in [2.75, 3.05) is 19.6 Å². The van der Waals surface area contributed by atoms with Crippen molar-refractivity contribution >= 4 is 0 Å². The number of likely N-dealkylation sites (N-methyl/N-ethyl adjacent to an activating group) is 1. The van der Waals surface area contributed by atoms with Crippen LogP contribution in [0.1, 0.15) is 51.8 Å². The largest absolute Gasteiger partial charge is 0.313 e. The quantitative estimate of drug-likeness (QED) is 0.821. The van der Waals surface area contributed by atoms with Gasteiger partial charge in [-0.25, -0.2) is 0 Å². The second kappa shape index (κ2) is 7.06. The fraction of sp³-hybridized carbons (Fsp3) is 0.800. The van der Waals surface area contributed by atoms with E-state index in [0.29, 0.717) is 12.1 Å². The highest BCUT2D eigenvalue weighted by Gasteiger charge is 2.17. The van der Waals surface area contributed by atoms with Crippen molar-refractivity contribution in [3.05, 3.63) is 18.0 Å². The number of rotatable bonds is 7. The van der Waals surface area contributed by atoms with Gasteiger partial charge in [-0.3, -0.25) is 9.58 Å². The van der Waals surface area contributed by atoms with Crippen LogP contribution in [0.15, 0.2) is 12.3 Å². The van der Waals surface area contributed by atoms with Crippen LogP contribution in [0.3, 0.4) is 0 Å². The van der Waals surface area contributed by atoms with Gasteiger partial charge in [0.25, 0.3) is 0 Å². The minimum Gasteiger partial charge on any atom is -0.313 e. The summed E-state index contributed by atoms with van der Waals surface area (Å²) >= 11 is 0. The molecule has 1 fully saturated rings. The summed E-state index contributed by atoms with van der Waals surface area (Å²) in [7, 11) is 0. The number of hydrogen-bond donors (Lipinski definition) is 1. The number of aromatic nitrogens is 2. The summed E-state index contributed by atoms with van der Waals surface area (Å²) in [6.07, 6.45) is 5.89. The molecule has 19 heavy (non-hydrogen) atoms. The SMILES string of the molecule is CCC(C)n1ccc(CN(CC)CC2CCCN2)n1. The van der Waals surface area contributed by atoms with Crippen LogP contribution in [0, 0.1) is 0 Å². The number of nitrogens with one attached hydrogen (secondary N) is 1. The molecule has 0 aromatic carbocycles. The Bertz CT molecular complexity index is 368. The van der Waals surface area contributed by atoms with E-state index in [9.17, 15) is 0 Å². The van der Waals surface area contributed by atoms with Crippen molar-refractivity contribution in [1.82, 2.24) is 20.0 Å². The van der Waals surface area contributed by atoms with Crippen LogP contribution in [0.4, 0.5) is 0 Å². The molecule has 4 nitrogen and oxygen atoms in total. The average molecular weight is 264 g/mol. The molecule has 1 aromatic heterocycles. The summed E-state index contributed by atoms with van der Waals surface area (Å²) in [5.74, 6) is 0. The van der Waals surface area contributed by atoms with E-state index in [1.165, 1.54) is 25.1 Å². The first-order valence-electron chi connectivity index (χ1n) is 7.72. The van der Waals surface area contributed by atoms with Crippen LogP contribution in [-0.2, 0) is 6.54 Å². The summed E-state index contributed by atoms with van der Waals surface area (Å²) in [4.78, 5) is 2.49. The third kappa shape index (κ3) is 4.05. The molecule has 1 aliphatic rings. The highest BCUT2D eigenvalue weighted by molar-refractivity contribution is 5.00. The maximum atomic E-state index is 4.70. The Labute approximate surface area is 117 Å². The minimum atomic E-state index is 0.500. The molecule has 0 bridgehead atoms. The molecular weight excluding hydrogens is 236 g/mol. The van der Waals surface area contributed by atoms with E-state index in [0.717, 1.165) is 26.1 Å². The summed E-state index contributed by atoms with van der Waals surface area (Å²) in [6.45, 7) is 11.1. The molecule has 2 unspecified atom stereocenters. The first-order chi connectivity index (χ1) is 9.22. The van der Waals surface area contributed by atoms with Gasteiger partial charge in [0.1, 0.15) is 0 Å². The highest BCUT2D eigenvalue weighted by atomic mass is 15.3. The Morgan fingerprint density at radius 1 is 1.53 bits per heavy atom. The van der Waals surface area contributed by atoms with Crippen LogP contribution >= 0.6 is 0 Å². The Morgan fingerprint density at radius 3 is 3.00 bits per heavy atom.